The van der Waals surface area contributed by atoms with Gasteiger partial charge in [0.05, 0.1) is 5.37 Å². The number of carbonyl (C=O) groups is 1. The van der Waals surface area contributed by atoms with Crippen molar-refractivity contribution in [1.29, 1.82) is 0 Å². The van der Waals surface area contributed by atoms with Gasteiger partial charge in [-0.1, -0.05) is 0 Å². The quantitative estimate of drug-likeness (QED) is 0.443. The molecular formula is C8H18N2OS. The third kappa shape index (κ3) is 6.49. The fraction of sp³-hybridized carbons (Fsp3) is 0.875. The molecule has 0 aromatic carbocycles. The Balaban J connectivity index is 3.43. The normalized spacial score (nSPS) is 15.3. The standard InChI is InChI=1S/C8H18N2OS/c1-6(9-3)4-5-8(12)10-7(2)11/h6,8-9,12H,4-5H2,1-3H3,(H,10,11). The van der Waals surface area contributed by atoms with Crippen LogP contribution >= 0.6 is 12.6 Å². The maximum atomic E-state index is 10.6. The van der Waals surface area contributed by atoms with Crippen molar-refractivity contribution in [2.75, 3.05) is 7.05 Å². The van der Waals surface area contributed by atoms with Gasteiger partial charge in [0.1, 0.15) is 0 Å². The molecule has 0 saturated carbocycles. The van der Waals surface area contributed by atoms with Gasteiger partial charge in [-0.2, -0.15) is 12.6 Å². The maximum absolute atomic E-state index is 10.6. The SMILES string of the molecule is CNC(C)CCC(S)NC(C)=O. The smallest absolute Gasteiger partial charge is 0.217 e. The molecule has 0 fully saturated rings. The minimum atomic E-state index is -0.0212. The molecule has 0 aliphatic carbocycles. The fourth-order valence-corrected chi connectivity index (χ4v) is 1.19. The molecule has 0 aromatic rings. The number of nitrogens with one attached hydrogen (secondary N) is 2. The van der Waals surface area contributed by atoms with Gasteiger partial charge in [-0.3, -0.25) is 4.79 Å². The summed E-state index contributed by atoms with van der Waals surface area (Å²) < 4.78 is 0. The first-order chi connectivity index (χ1) is 5.56. The van der Waals surface area contributed by atoms with Crippen molar-refractivity contribution < 1.29 is 4.79 Å². The Hall–Kier alpha value is -0.220. The first-order valence-electron chi connectivity index (χ1n) is 4.18. The highest BCUT2D eigenvalue weighted by atomic mass is 32.1. The minimum Gasteiger partial charge on any atom is -0.345 e. The van der Waals surface area contributed by atoms with Gasteiger partial charge in [0.15, 0.2) is 0 Å². The summed E-state index contributed by atoms with van der Waals surface area (Å²) in [7, 11) is 1.93. The number of rotatable bonds is 5. The molecule has 12 heavy (non-hydrogen) atoms. The number of hydrogen-bond donors (Lipinski definition) is 3. The van der Waals surface area contributed by atoms with Gasteiger partial charge in [-0.25, -0.2) is 0 Å². The average Bonchev–Trinajstić information content (AvgIpc) is 1.99. The monoisotopic (exact) mass is 190 g/mol. The Labute approximate surface area is 79.7 Å². The van der Waals surface area contributed by atoms with Crippen LogP contribution in [0.4, 0.5) is 0 Å². The summed E-state index contributed by atoms with van der Waals surface area (Å²) in [6.45, 7) is 3.61. The van der Waals surface area contributed by atoms with E-state index in [-0.39, 0.29) is 11.3 Å². The van der Waals surface area contributed by atoms with Crippen molar-refractivity contribution in [3.05, 3.63) is 0 Å². The van der Waals surface area contributed by atoms with Crippen molar-refractivity contribution >= 4 is 18.5 Å². The molecule has 1 amide bonds. The molecule has 2 N–H and O–H groups in total. The molecule has 0 aromatic heterocycles. The average molecular weight is 190 g/mol. The zero-order chi connectivity index (χ0) is 9.56. The second-order valence-electron chi connectivity index (χ2n) is 2.98. The highest BCUT2D eigenvalue weighted by Gasteiger charge is 2.05. The van der Waals surface area contributed by atoms with Gasteiger partial charge in [0, 0.05) is 13.0 Å². The van der Waals surface area contributed by atoms with E-state index in [1.807, 2.05) is 7.05 Å². The molecule has 0 bridgehead atoms. The van der Waals surface area contributed by atoms with Crippen LogP contribution < -0.4 is 10.6 Å². The highest BCUT2D eigenvalue weighted by molar-refractivity contribution is 7.80. The lowest BCUT2D eigenvalue weighted by Gasteiger charge is -2.14. The van der Waals surface area contributed by atoms with Crippen molar-refractivity contribution in [3.63, 3.8) is 0 Å². The molecular weight excluding hydrogens is 172 g/mol. The third-order valence-electron chi connectivity index (χ3n) is 1.74. The van der Waals surface area contributed by atoms with Gasteiger partial charge in [0.25, 0.3) is 0 Å². The lowest BCUT2D eigenvalue weighted by Crippen LogP contribution is -2.30. The topological polar surface area (TPSA) is 41.1 Å². The van der Waals surface area contributed by atoms with E-state index < -0.39 is 0 Å². The summed E-state index contributed by atoms with van der Waals surface area (Å²) >= 11 is 4.22. The molecule has 2 unspecified atom stereocenters. The van der Waals surface area contributed by atoms with E-state index in [1.54, 1.807) is 0 Å². The van der Waals surface area contributed by atoms with Crippen LogP contribution in [0.5, 0.6) is 0 Å². The molecule has 0 radical (unpaired) electrons. The predicted molar refractivity (Wildman–Crippen MR) is 54.3 cm³/mol. The fourth-order valence-electron chi connectivity index (χ4n) is 0.859. The van der Waals surface area contributed by atoms with Crippen molar-refractivity contribution in [2.45, 2.75) is 38.1 Å². The number of thiol groups is 1. The Bertz CT molecular complexity index is 141. The van der Waals surface area contributed by atoms with E-state index in [2.05, 4.69) is 30.2 Å². The van der Waals surface area contributed by atoms with Crippen molar-refractivity contribution in [3.8, 4) is 0 Å². The Morgan fingerprint density at radius 2 is 2.08 bits per heavy atom. The lowest BCUT2D eigenvalue weighted by atomic mass is 10.2. The van der Waals surface area contributed by atoms with E-state index in [0.717, 1.165) is 12.8 Å². The molecule has 3 nitrogen and oxygen atoms in total. The van der Waals surface area contributed by atoms with Crippen LogP contribution in [0, 0.1) is 0 Å². The van der Waals surface area contributed by atoms with E-state index in [1.165, 1.54) is 6.92 Å². The van der Waals surface area contributed by atoms with Crippen LogP contribution in [0.3, 0.4) is 0 Å². The van der Waals surface area contributed by atoms with Crippen LogP contribution in [0.2, 0.25) is 0 Å². The van der Waals surface area contributed by atoms with Gasteiger partial charge >= 0.3 is 0 Å². The largest absolute Gasteiger partial charge is 0.345 e. The van der Waals surface area contributed by atoms with E-state index >= 15 is 0 Å². The van der Waals surface area contributed by atoms with E-state index in [9.17, 15) is 4.79 Å². The first-order valence-corrected chi connectivity index (χ1v) is 4.70. The number of amides is 1. The van der Waals surface area contributed by atoms with Crippen LogP contribution in [0.15, 0.2) is 0 Å². The number of hydrogen-bond acceptors (Lipinski definition) is 3. The second-order valence-corrected chi connectivity index (χ2v) is 3.61. The van der Waals surface area contributed by atoms with Crippen molar-refractivity contribution in [2.24, 2.45) is 0 Å². The molecule has 0 aliphatic rings. The summed E-state index contributed by atoms with van der Waals surface area (Å²) in [6.07, 6.45) is 1.91. The highest BCUT2D eigenvalue weighted by Crippen LogP contribution is 2.03. The van der Waals surface area contributed by atoms with Crippen LogP contribution in [0.1, 0.15) is 26.7 Å². The minimum absolute atomic E-state index is 0.0155. The van der Waals surface area contributed by atoms with E-state index in [0.29, 0.717) is 6.04 Å². The molecule has 0 saturated heterocycles. The van der Waals surface area contributed by atoms with Gasteiger partial charge in [-0.15, -0.1) is 0 Å². The molecule has 4 heteroatoms. The third-order valence-corrected chi connectivity index (χ3v) is 2.12. The molecule has 72 valence electrons. The Kier molecular flexibility index (Phi) is 6.20. The zero-order valence-electron chi connectivity index (χ0n) is 7.92. The molecule has 0 rings (SSSR count). The molecule has 0 heterocycles. The summed E-state index contributed by atoms with van der Waals surface area (Å²) in [5, 5.41) is 5.83. The predicted octanol–water partition coefficient (Wildman–Crippen LogP) is 0.766. The molecule has 0 aliphatic heterocycles. The summed E-state index contributed by atoms with van der Waals surface area (Å²) in [6, 6.07) is 0.480. The molecule has 0 spiro atoms. The first kappa shape index (κ1) is 11.8. The van der Waals surface area contributed by atoms with Gasteiger partial charge < -0.3 is 10.6 Å². The molecule has 2 atom stereocenters. The number of carbonyl (C=O) groups excluding carboxylic acids is 1. The van der Waals surface area contributed by atoms with Gasteiger partial charge in [0.2, 0.25) is 5.91 Å². The maximum Gasteiger partial charge on any atom is 0.217 e. The van der Waals surface area contributed by atoms with Crippen LogP contribution in [-0.4, -0.2) is 24.4 Å². The van der Waals surface area contributed by atoms with Crippen LogP contribution in [0.25, 0.3) is 0 Å². The van der Waals surface area contributed by atoms with E-state index in [4.69, 9.17) is 0 Å². The Morgan fingerprint density at radius 3 is 2.50 bits per heavy atom. The lowest BCUT2D eigenvalue weighted by molar-refractivity contribution is -0.119. The van der Waals surface area contributed by atoms with Gasteiger partial charge in [-0.05, 0) is 26.8 Å². The summed E-state index contributed by atoms with van der Waals surface area (Å²) in [4.78, 5) is 10.6. The summed E-state index contributed by atoms with van der Waals surface area (Å²) in [5.74, 6) is -0.0212. The Morgan fingerprint density at radius 1 is 1.50 bits per heavy atom. The summed E-state index contributed by atoms with van der Waals surface area (Å²) in [5.41, 5.74) is 0. The second kappa shape index (κ2) is 6.31. The zero-order valence-corrected chi connectivity index (χ0v) is 8.82. The van der Waals surface area contributed by atoms with Crippen LogP contribution in [-0.2, 0) is 4.79 Å². The van der Waals surface area contributed by atoms with Crippen molar-refractivity contribution in [1.82, 2.24) is 10.6 Å².